The lowest BCUT2D eigenvalue weighted by Gasteiger charge is -2.14. The topological polar surface area (TPSA) is 55.1 Å². The predicted molar refractivity (Wildman–Crippen MR) is 76.8 cm³/mol. The number of nitrogens with one attached hydrogen (secondary N) is 1. The Morgan fingerprint density at radius 2 is 2.06 bits per heavy atom. The van der Waals surface area contributed by atoms with Crippen molar-refractivity contribution in [3.8, 4) is 0 Å². The van der Waals surface area contributed by atoms with Gasteiger partial charge in [0.1, 0.15) is 0 Å². The molecular formula is C14H20N2OS. The first-order valence-electron chi connectivity index (χ1n) is 6.49. The lowest BCUT2D eigenvalue weighted by Crippen LogP contribution is -2.14. The summed E-state index contributed by atoms with van der Waals surface area (Å²) in [5.41, 5.74) is 6.30. The van der Waals surface area contributed by atoms with E-state index in [0.717, 1.165) is 23.0 Å². The minimum Gasteiger partial charge on any atom is -0.384 e. The Kier molecular flexibility index (Phi) is 4.93. The SMILES string of the molecule is NC(=O)CSc1ccccc1NCC1CCCC1. The molecule has 0 saturated heterocycles. The molecule has 1 amide bonds. The van der Waals surface area contributed by atoms with Crippen LogP contribution in [0.15, 0.2) is 29.2 Å². The number of carbonyl (C=O) groups excluding carboxylic acids is 1. The van der Waals surface area contributed by atoms with Gasteiger partial charge in [-0.25, -0.2) is 0 Å². The van der Waals surface area contributed by atoms with E-state index in [0.29, 0.717) is 5.75 Å². The number of hydrogen-bond acceptors (Lipinski definition) is 3. The first-order chi connectivity index (χ1) is 8.75. The monoisotopic (exact) mass is 264 g/mol. The van der Waals surface area contributed by atoms with Gasteiger partial charge in [0.2, 0.25) is 5.91 Å². The van der Waals surface area contributed by atoms with Crippen LogP contribution in [0.5, 0.6) is 0 Å². The van der Waals surface area contributed by atoms with Crippen LogP contribution in [0.4, 0.5) is 5.69 Å². The quantitative estimate of drug-likeness (QED) is 0.777. The molecule has 1 saturated carbocycles. The van der Waals surface area contributed by atoms with Crippen molar-refractivity contribution in [1.82, 2.24) is 0 Å². The molecular weight excluding hydrogens is 244 g/mol. The Morgan fingerprint density at radius 1 is 1.33 bits per heavy atom. The van der Waals surface area contributed by atoms with Crippen molar-refractivity contribution in [2.75, 3.05) is 17.6 Å². The van der Waals surface area contributed by atoms with Gasteiger partial charge < -0.3 is 11.1 Å². The zero-order valence-corrected chi connectivity index (χ0v) is 11.3. The number of primary amides is 1. The summed E-state index contributed by atoms with van der Waals surface area (Å²) in [5.74, 6) is 0.868. The van der Waals surface area contributed by atoms with Crippen LogP contribution >= 0.6 is 11.8 Å². The van der Waals surface area contributed by atoms with Crippen LogP contribution in [-0.2, 0) is 4.79 Å². The van der Waals surface area contributed by atoms with Crippen molar-refractivity contribution in [2.24, 2.45) is 11.7 Å². The number of para-hydroxylation sites is 1. The summed E-state index contributed by atoms with van der Waals surface area (Å²) in [6.07, 6.45) is 5.40. The first kappa shape index (κ1) is 13.3. The third-order valence-electron chi connectivity index (χ3n) is 3.31. The molecule has 0 atom stereocenters. The summed E-state index contributed by atoms with van der Waals surface area (Å²) in [6.45, 7) is 1.04. The number of benzene rings is 1. The van der Waals surface area contributed by atoms with Crippen LogP contribution in [0.3, 0.4) is 0 Å². The number of anilines is 1. The maximum Gasteiger partial charge on any atom is 0.227 e. The Balaban J connectivity index is 1.91. The molecule has 18 heavy (non-hydrogen) atoms. The van der Waals surface area contributed by atoms with E-state index in [1.165, 1.54) is 37.4 Å². The van der Waals surface area contributed by atoms with Gasteiger partial charge in [0.25, 0.3) is 0 Å². The fraction of sp³-hybridized carbons (Fsp3) is 0.500. The molecule has 2 rings (SSSR count). The second-order valence-electron chi connectivity index (χ2n) is 4.78. The standard InChI is InChI=1S/C14H20N2OS/c15-14(17)10-18-13-8-4-3-7-12(13)16-9-11-5-1-2-6-11/h3-4,7-8,11,16H,1-2,5-6,9-10H2,(H2,15,17). The fourth-order valence-corrected chi connectivity index (χ4v) is 3.12. The molecule has 98 valence electrons. The highest BCUT2D eigenvalue weighted by Gasteiger charge is 2.15. The van der Waals surface area contributed by atoms with Gasteiger partial charge in [-0.05, 0) is 30.9 Å². The second-order valence-corrected chi connectivity index (χ2v) is 5.80. The third kappa shape index (κ3) is 3.95. The van der Waals surface area contributed by atoms with Gasteiger partial charge in [-0.3, -0.25) is 4.79 Å². The van der Waals surface area contributed by atoms with E-state index < -0.39 is 0 Å². The van der Waals surface area contributed by atoms with Gasteiger partial charge in [-0.15, -0.1) is 11.8 Å². The van der Waals surface area contributed by atoms with Crippen molar-refractivity contribution >= 4 is 23.4 Å². The predicted octanol–water partition coefficient (Wildman–Crippen LogP) is 2.87. The number of rotatable bonds is 6. The van der Waals surface area contributed by atoms with Crippen LogP contribution in [0, 0.1) is 5.92 Å². The van der Waals surface area contributed by atoms with E-state index in [9.17, 15) is 4.79 Å². The van der Waals surface area contributed by atoms with Crippen LogP contribution in [0.25, 0.3) is 0 Å². The molecule has 1 aromatic carbocycles. The van der Waals surface area contributed by atoms with Crippen LogP contribution in [0.1, 0.15) is 25.7 Å². The minimum absolute atomic E-state index is 0.273. The van der Waals surface area contributed by atoms with Gasteiger partial charge >= 0.3 is 0 Å². The fourth-order valence-electron chi connectivity index (χ4n) is 2.36. The molecule has 0 aromatic heterocycles. The molecule has 0 bridgehead atoms. The van der Waals surface area contributed by atoms with E-state index in [-0.39, 0.29) is 5.91 Å². The Labute approximate surface area is 113 Å². The maximum absolute atomic E-state index is 10.8. The van der Waals surface area contributed by atoms with Crippen molar-refractivity contribution in [2.45, 2.75) is 30.6 Å². The van der Waals surface area contributed by atoms with Crippen LogP contribution in [0.2, 0.25) is 0 Å². The Morgan fingerprint density at radius 3 is 2.78 bits per heavy atom. The minimum atomic E-state index is -0.273. The van der Waals surface area contributed by atoms with Crippen LogP contribution in [-0.4, -0.2) is 18.2 Å². The van der Waals surface area contributed by atoms with E-state index in [1.807, 2.05) is 18.2 Å². The number of amides is 1. The van der Waals surface area contributed by atoms with Crippen molar-refractivity contribution in [3.63, 3.8) is 0 Å². The molecule has 0 spiro atoms. The molecule has 0 radical (unpaired) electrons. The molecule has 3 nitrogen and oxygen atoms in total. The smallest absolute Gasteiger partial charge is 0.227 e. The lowest BCUT2D eigenvalue weighted by atomic mass is 10.1. The summed E-state index contributed by atoms with van der Waals surface area (Å²) in [6, 6.07) is 8.11. The molecule has 1 aromatic rings. The maximum atomic E-state index is 10.8. The zero-order chi connectivity index (χ0) is 12.8. The molecule has 0 heterocycles. The van der Waals surface area contributed by atoms with Crippen LogP contribution < -0.4 is 11.1 Å². The first-order valence-corrected chi connectivity index (χ1v) is 7.48. The van der Waals surface area contributed by atoms with Crippen molar-refractivity contribution in [1.29, 1.82) is 0 Å². The zero-order valence-electron chi connectivity index (χ0n) is 10.5. The summed E-state index contributed by atoms with van der Waals surface area (Å²) >= 11 is 1.50. The summed E-state index contributed by atoms with van der Waals surface area (Å²) in [4.78, 5) is 11.9. The molecule has 0 unspecified atom stereocenters. The molecule has 1 aliphatic carbocycles. The number of carbonyl (C=O) groups is 1. The summed E-state index contributed by atoms with van der Waals surface area (Å²) in [7, 11) is 0. The van der Waals surface area contributed by atoms with Crippen molar-refractivity contribution in [3.05, 3.63) is 24.3 Å². The average Bonchev–Trinajstić information content (AvgIpc) is 2.88. The largest absolute Gasteiger partial charge is 0.384 e. The molecule has 3 N–H and O–H groups in total. The average molecular weight is 264 g/mol. The second kappa shape index (κ2) is 6.69. The summed E-state index contributed by atoms with van der Waals surface area (Å²) < 4.78 is 0. The highest BCUT2D eigenvalue weighted by Crippen LogP contribution is 2.29. The van der Waals surface area contributed by atoms with Gasteiger partial charge in [0, 0.05) is 17.1 Å². The molecule has 0 aliphatic heterocycles. The third-order valence-corrected chi connectivity index (χ3v) is 4.41. The Bertz CT molecular complexity index is 403. The highest BCUT2D eigenvalue weighted by atomic mass is 32.2. The van der Waals surface area contributed by atoms with E-state index in [2.05, 4.69) is 11.4 Å². The van der Waals surface area contributed by atoms with Gasteiger partial charge in [0.05, 0.1) is 5.75 Å². The Hall–Kier alpha value is -1.16. The van der Waals surface area contributed by atoms with E-state index in [4.69, 9.17) is 5.73 Å². The highest BCUT2D eigenvalue weighted by molar-refractivity contribution is 8.00. The number of nitrogens with two attached hydrogens (primary N) is 1. The molecule has 1 aliphatic rings. The van der Waals surface area contributed by atoms with Gasteiger partial charge in [-0.2, -0.15) is 0 Å². The molecule has 4 heteroatoms. The number of thioether (sulfide) groups is 1. The van der Waals surface area contributed by atoms with E-state index >= 15 is 0 Å². The van der Waals surface area contributed by atoms with Gasteiger partial charge in [0.15, 0.2) is 0 Å². The lowest BCUT2D eigenvalue weighted by molar-refractivity contribution is -0.115. The number of hydrogen-bond donors (Lipinski definition) is 2. The van der Waals surface area contributed by atoms with Gasteiger partial charge in [-0.1, -0.05) is 25.0 Å². The van der Waals surface area contributed by atoms with E-state index in [1.54, 1.807) is 0 Å². The summed E-state index contributed by atoms with van der Waals surface area (Å²) in [5, 5.41) is 3.51. The normalized spacial score (nSPS) is 15.8. The molecule has 1 fully saturated rings. The van der Waals surface area contributed by atoms with Crippen molar-refractivity contribution < 1.29 is 4.79 Å².